The highest BCUT2D eigenvalue weighted by molar-refractivity contribution is 6.04. The molecule has 4 rings (SSSR count). The van der Waals surface area contributed by atoms with Crippen LogP contribution in [0.3, 0.4) is 0 Å². The molecule has 3 fully saturated rings. The predicted molar refractivity (Wildman–Crippen MR) is 155 cm³/mol. The number of nitrogens with one attached hydrogen (secondary N) is 1. The third kappa shape index (κ3) is 4.68. The molecule has 0 radical (unpaired) electrons. The number of nitrogens with zero attached hydrogens (tertiary/aromatic N) is 1. The number of fused-ring (bicyclic) bond motifs is 5. The Morgan fingerprint density at radius 1 is 1.00 bits per heavy atom. The smallest absolute Gasteiger partial charge is 0.223 e. The Morgan fingerprint density at radius 2 is 1.65 bits per heavy atom. The van der Waals surface area contributed by atoms with Gasteiger partial charge >= 0.3 is 0 Å². The molecule has 0 aromatic carbocycles. The first-order valence-corrected chi connectivity index (χ1v) is 15.5. The highest BCUT2D eigenvalue weighted by atomic mass is 19.1. The van der Waals surface area contributed by atoms with Gasteiger partial charge in [0.25, 0.3) is 0 Å². The van der Waals surface area contributed by atoms with E-state index in [0.29, 0.717) is 12.2 Å². The van der Waals surface area contributed by atoms with Gasteiger partial charge in [0.05, 0.1) is 5.57 Å². The van der Waals surface area contributed by atoms with Gasteiger partial charge in [-0.25, -0.2) is 4.39 Å². The molecule has 1 amide bonds. The number of allylic oxidation sites excluding steroid dienone is 2. The van der Waals surface area contributed by atoms with E-state index in [1.165, 1.54) is 0 Å². The normalized spacial score (nSPS) is 42.8. The van der Waals surface area contributed by atoms with Crippen molar-refractivity contribution in [1.29, 1.82) is 5.26 Å². The molecule has 0 aromatic heterocycles. The number of hydrogen-bond acceptors (Lipinski definition) is 4. The van der Waals surface area contributed by atoms with Crippen LogP contribution < -0.4 is 5.32 Å². The van der Waals surface area contributed by atoms with Gasteiger partial charge in [-0.15, -0.1) is 0 Å². The molecule has 0 aromatic rings. The average molecular weight is 555 g/mol. The minimum absolute atomic E-state index is 0.0399. The predicted octanol–water partition coefficient (Wildman–Crippen LogP) is 7.01. The molecule has 2 unspecified atom stereocenters. The summed E-state index contributed by atoms with van der Waals surface area (Å²) in [6, 6.07) is 2.20. The molecule has 0 heterocycles. The molecule has 4 aliphatic carbocycles. The largest absolute Gasteiger partial charge is 0.353 e. The van der Waals surface area contributed by atoms with Gasteiger partial charge in [-0.05, 0) is 84.4 Å². The van der Waals surface area contributed by atoms with Gasteiger partial charge in [0.15, 0.2) is 5.78 Å². The van der Waals surface area contributed by atoms with Crippen molar-refractivity contribution in [3.63, 3.8) is 0 Å². The van der Waals surface area contributed by atoms with Crippen molar-refractivity contribution >= 4 is 17.5 Å². The summed E-state index contributed by atoms with van der Waals surface area (Å²) in [5, 5.41) is 12.7. The highest BCUT2D eigenvalue weighted by Gasteiger charge is 2.68. The van der Waals surface area contributed by atoms with Gasteiger partial charge in [0, 0.05) is 30.2 Å². The van der Waals surface area contributed by atoms with E-state index < -0.39 is 17.5 Å². The van der Waals surface area contributed by atoms with Gasteiger partial charge in [-0.3, -0.25) is 14.4 Å². The van der Waals surface area contributed by atoms with Crippen molar-refractivity contribution in [3.8, 4) is 6.07 Å². The van der Waals surface area contributed by atoms with Gasteiger partial charge in [-0.2, -0.15) is 5.26 Å². The number of Topliss-reactive ketones (excluding diaryl/α,β-unsaturated/α-hetero) is 2. The molecule has 40 heavy (non-hydrogen) atoms. The van der Waals surface area contributed by atoms with E-state index in [0.717, 1.165) is 44.9 Å². The third-order valence-corrected chi connectivity index (χ3v) is 12.8. The van der Waals surface area contributed by atoms with E-state index in [9.17, 15) is 24.0 Å². The van der Waals surface area contributed by atoms with E-state index >= 15 is 0 Å². The number of rotatable bonds is 3. The van der Waals surface area contributed by atoms with Crippen LogP contribution in [0.25, 0.3) is 0 Å². The Balaban J connectivity index is 1.77. The summed E-state index contributed by atoms with van der Waals surface area (Å²) in [5.41, 5.74) is -1.37. The molecule has 5 nitrogen and oxygen atoms in total. The number of hydrogen-bond donors (Lipinski definition) is 1. The third-order valence-electron chi connectivity index (χ3n) is 12.8. The summed E-state index contributed by atoms with van der Waals surface area (Å²) >= 11 is 0. The molecule has 0 bridgehead atoms. The Hall–Kier alpha value is -2.03. The van der Waals surface area contributed by atoms with Crippen LogP contribution in [0.15, 0.2) is 11.6 Å². The first-order chi connectivity index (χ1) is 18.5. The van der Waals surface area contributed by atoms with Gasteiger partial charge in [-0.1, -0.05) is 61.5 Å². The van der Waals surface area contributed by atoms with Gasteiger partial charge in [0.2, 0.25) is 5.91 Å². The number of nitriles is 1. The first kappa shape index (κ1) is 30.9. The van der Waals surface area contributed by atoms with E-state index in [1.807, 2.05) is 19.9 Å². The molecule has 222 valence electrons. The minimum atomic E-state index is -0.647. The van der Waals surface area contributed by atoms with Crippen LogP contribution in [0.4, 0.5) is 4.39 Å². The lowest BCUT2D eigenvalue weighted by atomic mass is 9.35. The molecule has 8 atom stereocenters. The van der Waals surface area contributed by atoms with Crippen molar-refractivity contribution in [3.05, 3.63) is 11.6 Å². The zero-order chi connectivity index (χ0) is 29.9. The van der Waals surface area contributed by atoms with Crippen LogP contribution in [0.1, 0.15) is 107 Å². The van der Waals surface area contributed by atoms with Gasteiger partial charge < -0.3 is 5.32 Å². The second kappa shape index (κ2) is 10.4. The molecular weight excluding hydrogens is 503 g/mol. The fraction of sp³-hybridized carbons (Fsp3) is 0.824. The summed E-state index contributed by atoms with van der Waals surface area (Å²) in [6.45, 7) is 16.9. The summed E-state index contributed by atoms with van der Waals surface area (Å²) in [7, 11) is 0. The molecule has 0 spiro atoms. The fourth-order valence-electron chi connectivity index (χ4n) is 10.1. The van der Waals surface area contributed by atoms with Crippen molar-refractivity contribution in [1.82, 2.24) is 5.32 Å². The monoisotopic (exact) mass is 554 g/mol. The minimum Gasteiger partial charge on any atom is -0.353 e. The van der Waals surface area contributed by atoms with Gasteiger partial charge in [0.1, 0.15) is 18.5 Å². The quantitative estimate of drug-likeness (QED) is 0.407. The number of ketones is 2. The van der Waals surface area contributed by atoms with Crippen LogP contribution in [-0.2, 0) is 14.4 Å². The number of carbonyl (C=O) groups excluding carboxylic acids is 3. The van der Waals surface area contributed by atoms with E-state index in [-0.39, 0.29) is 69.6 Å². The lowest BCUT2D eigenvalue weighted by Crippen LogP contribution is -2.65. The van der Waals surface area contributed by atoms with Crippen LogP contribution in [0.2, 0.25) is 0 Å². The molecule has 1 N–H and O–H groups in total. The van der Waals surface area contributed by atoms with Crippen molar-refractivity contribution in [2.45, 2.75) is 107 Å². The van der Waals surface area contributed by atoms with E-state index in [4.69, 9.17) is 0 Å². The number of alkyl halides is 1. The Labute approximate surface area is 241 Å². The van der Waals surface area contributed by atoms with Crippen molar-refractivity contribution < 1.29 is 18.8 Å². The van der Waals surface area contributed by atoms with Crippen LogP contribution in [-0.4, -0.2) is 30.7 Å². The highest BCUT2D eigenvalue weighted by Crippen LogP contribution is 2.72. The Bertz CT molecular complexity index is 1130. The SMILES string of the molecule is CC1CC[C@]2(C)C(CCC(C)(C)C[C@H]1C(=O)NCCF)C(=O)C[C@@H]1[C@@]3(C)C=C(C#N)C(=O)C(C)(C)[C@@H]3CC[C@]12C. The van der Waals surface area contributed by atoms with E-state index in [2.05, 4.69) is 52.9 Å². The summed E-state index contributed by atoms with van der Waals surface area (Å²) in [6.07, 6.45) is 8.36. The molecule has 0 aliphatic heterocycles. The number of carbonyl (C=O) groups is 3. The molecule has 3 saturated carbocycles. The fourth-order valence-corrected chi connectivity index (χ4v) is 10.1. The number of halogens is 1. The van der Waals surface area contributed by atoms with E-state index in [1.54, 1.807) is 0 Å². The summed E-state index contributed by atoms with van der Waals surface area (Å²) in [4.78, 5) is 40.7. The topological polar surface area (TPSA) is 87.0 Å². The second-order valence-corrected chi connectivity index (χ2v) is 15.8. The van der Waals surface area contributed by atoms with Crippen molar-refractivity contribution in [2.24, 2.45) is 56.7 Å². The molecule has 4 aliphatic rings. The molecule has 0 saturated heterocycles. The standard InChI is InChI=1S/C34H51FN2O3/c1-21-9-13-33(7)24(10-12-30(2,3)19-23(21)29(40)37-16-15-35)25(38)17-27-32(6)18-22(20-36)28(39)31(4,5)26(32)11-14-34(27,33)8/h18,21,23-24,26-27H,9-17,19H2,1-8H3,(H,37,40)/t21?,23-,24?,26+,27-,32+,33-,34-/m1/s1. The zero-order valence-corrected chi connectivity index (χ0v) is 26.1. The molecular formula is C34H51FN2O3. The van der Waals surface area contributed by atoms with Crippen LogP contribution >= 0.6 is 0 Å². The maximum absolute atomic E-state index is 14.2. The molecule has 6 heteroatoms. The van der Waals surface area contributed by atoms with Crippen LogP contribution in [0.5, 0.6) is 0 Å². The maximum atomic E-state index is 14.2. The maximum Gasteiger partial charge on any atom is 0.223 e. The summed E-state index contributed by atoms with van der Waals surface area (Å²) in [5.74, 6) is 0.194. The lowest BCUT2D eigenvalue weighted by molar-refractivity contribution is -0.191. The van der Waals surface area contributed by atoms with Crippen molar-refractivity contribution in [2.75, 3.05) is 13.2 Å². The Kier molecular flexibility index (Phi) is 8.00. The van der Waals surface area contributed by atoms with Crippen LogP contribution in [0, 0.1) is 68.0 Å². The second-order valence-electron chi connectivity index (χ2n) is 15.8. The average Bonchev–Trinajstić information content (AvgIpc) is 2.87. The first-order valence-electron chi connectivity index (χ1n) is 15.5. The lowest BCUT2D eigenvalue weighted by Gasteiger charge is -2.68. The zero-order valence-electron chi connectivity index (χ0n) is 26.1. The summed E-state index contributed by atoms with van der Waals surface area (Å²) < 4.78 is 12.9. The number of amides is 1. The Morgan fingerprint density at radius 3 is 2.27 bits per heavy atom.